The van der Waals surface area contributed by atoms with Crippen LogP contribution in [0, 0.1) is 11.8 Å². The van der Waals surface area contributed by atoms with E-state index in [1.54, 1.807) is 6.92 Å². The number of amides is 1. The molecule has 3 N–H and O–H groups in total. The first-order valence-electron chi connectivity index (χ1n) is 6.96. The van der Waals surface area contributed by atoms with E-state index < -0.39 is 12.1 Å². The summed E-state index contributed by atoms with van der Waals surface area (Å²) >= 11 is 0. The van der Waals surface area contributed by atoms with E-state index in [1.165, 1.54) is 0 Å². The summed E-state index contributed by atoms with van der Waals surface area (Å²) in [6.07, 6.45) is -0.0612. The van der Waals surface area contributed by atoms with Crippen LogP contribution in [0.4, 0.5) is 4.79 Å². The standard InChI is InChI=1S/C13H17N3O5/c1-2-6-9(21-16-11(6)12(17)18)5-20-13(19)15-10-7-3-14-4-8(7)10/h7-8,10,14H,2-5H2,1H3,(H,15,19)(H,17,18). The third kappa shape index (κ3) is 2.58. The molecule has 0 bridgehead atoms. The lowest BCUT2D eigenvalue weighted by Crippen LogP contribution is -2.32. The second kappa shape index (κ2) is 5.36. The topological polar surface area (TPSA) is 114 Å². The fraction of sp³-hybridized carbons (Fsp3) is 0.615. The van der Waals surface area contributed by atoms with Crippen molar-refractivity contribution in [3.8, 4) is 0 Å². The molecular weight excluding hydrogens is 278 g/mol. The van der Waals surface area contributed by atoms with Crippen molar-refractivity contribution >= 4 is 12.1 Å². The number of nitrogens with zero attached hydrogens (tertiary/aromatic N) is 1. The first kappa shape index (κ1) is 13.9. The Kier molecular flexibility index (Phi) is 3.54. The predicted molar refractivity (Wildman–Crippen MR) is 69.8 cm³/mol. The lowest BCUT2D eigenvalue weighted by atomic mass is 10.1. The van der Waals surface area contributed by atoms with Gasteiger partial charge in [-0.15, -0.1) is 0 Å². The van der Waals surface area contributed by atoms with Gasteiger partial charge in [0.05, 0.1) is 0 Å². The predicted octanol–water partition coefficient (Wildman–Crippen LogP) is 0.379. The third-order valence-electron chi connectivity index (χ3n) is 4.14. The second-order valence-electron chi connectivity index (χ2n) is 5.32. The van der Waals surface area contributed by atoms with Crippen molar-refractivity contribution < 1.29 is 24.0 Å². The Morgan fingerprint density at radius 2 is 2.19 bits per heavy atom. The molecule has 1 aromatic rings. The van der Waals surface area contributed by atoms with E-state index >= 15 is 0 Å². The minimum absolute atomic E-state index is 0.115. The lowest BCUT2D eigenvalue weighted by Gasteiger charge is -2.08. The number of carboxylic acid groups (broad SMARTS) is 1. The van der Waals surface area contributed by atoms with Gasteiger partial charge in [-0.3, -0.25) is 0 Å². The van der Waals surface area contributed by atoms with Gasteiger partial charge >= 0.3 is 12.1 Å². The number of fused-ring (bicyclic) bond motifs is 1. The molecule has 8 heteroatoms. The zero-order chi connectivity index (χ0) is 15.0. The largest absolute Gasteiger partial charge is 0.476 e. The molecule has 2 fully saturated rings. The smallest absolute Gasteiger partial charge is 0.407 e. The summed E-state index contributed by atoms with van der Waals surface area (Å²) in [4.78, 5) is 22.7. The van der Waals surface area contributed by atoms with Crippen LogP contribution in [-0.4, -0.2) is 41.5 Å². The average Bonchev–Trinajstić information content (AvgIpc) is 2.89. The molecule has 1 aliphatic carbocycles. The molecule has 8 nitrogen and oxygen atoms in total. The molecule has 2 unspecified atom stereocenters. The highest BCUT2D eigenvalue weighted by atomic mass is 16.6. The lowest BCUT2D eigenvalue weighted by molar-refractivity contribution is 0.0684. The Labute approximate surface area is 120 Å². The van der Waals surface area contributed by atoms with Crippen molar-refractivity contribution in [2.24, 2.45) is 11.8 Å². The van der Waals surface area contributed by atoms with E-state index in [9.17, 15) is 9.59 Å². The fourth-order valence-electron chi connectivity index (χ4n) is 2.93. The quantitative estimate of drug-likeness (QED) is 0.719. The van der Waals surface area contributed by atoms with E-state index in [2.05, 4.69) is 15.8 Å². The molecule has 3 rings (SSSR count). The first-order chi connectivity index (χ1) is 10.1. The zero-order valence-corrected chi connectivity index (χ0v) is 11.6. The number of hydrogen-bond acceptors (Lipinski definition) is 6. The normalized spacial score (nSPS) is 26.2. The number of rotatable bonds is 5. The Morgan fingerprint density at radius 1 is 1.48 bits per heavy atom. The van der Waals surface area contributed by atoms with Crippen LogP contribution in [0.5, 0.6) is 0 Å². The maximum Gasteiger partial charge on any atom is 0.407 e. The second-order valence-corrected chi connectivity index (χ2v) is 5.32. The van der Waals surface area contributed by atoms with E-state index in [0.29, 0.717) is 23.8 Å². The number of ether oxygens (including phenoxy) is 1. The van der Waals surface area contributed by atoms with Crippen molar-refractivity contribution in [1.29, 1.82) is 0 Å². The van der Waals surface area contributed by atoms with Crippen LogP contribution in [-0.2, 0) is 17.8 Å². The Morgan fingerprint density at radius 3 is 2.81 bits per heavy atom. The Hall–Kier alpha value is -2.09. The van der Waals surface area contributed by atoms with Gasteiger partial charge in [-0.1, -0.05) is 12.1 Å². The number of carbonyl (C=O) groups is 2. The number of alkyl carbamates (subject to hydrolysis) is 1. The highest BCUT2D eigenvalue weighted by Crippen LogP contribution is 2.41. The van der Waals surface area contributed by atoms with Crippen LogP contribution in [0.1, 0.15) is 28.7 Å². The van der Waals surface area contributed by atoms with Gasteiger partial charge in [-0.2, -0.15) is 0 Å². The van der Waals surface area contributed by atoms with E-state index in [0.717, 1.165) is 13.1 Å². The van der Waals surface area contributed by atoms with Crippen LogP contribution in [0.15, 0.2) is 4.52 Å². The molecule has 0 spiro atoms. The van der Waals surface area contributed by atoms with Gasteiger partial charge in [0.15, 0.2) is 18.1 Å². The van der Waals surface area contributed by atoms with Gasteiger partial charge < -0.3 is 25.0 Å². The number of hydrogen-bond donors (Lipinski definition) is 3. The molecule has 2 heterocycles. The molecule has 1 saturated heterocycles. The molecule has 1 amide bonds. The summed E-state index contributed by atoms with van der Waals surface area (Å²) in [5.41, 5.74) is 0.335. The zero-order valence-electron chi connectivity index (χ0n) is 11.6. The van der Waals surface area contributed by atoms with Gasteiger partial charge in [0.25, 0.3) is 0 Å². The average molecular weight is 295 g/mol. The third-order valence-corrected chi connectivity index (χ3v) is 4.14. The SMILES string of the molecule is CCc1c(C(=O)O)noc1COC(=O)NC1C2CNCC21. The van der Waals surface area contributed by atoms with Crippen LogP contribution in [0.2, 0.25) is 0 Å². The number of carboxylic acids is 1. The van der Waals surface area contributed by atoms with Gasteiger partial charge in [0, 0.05) is 24.7 Å². The number of nitrogens with one attached hydrogen (secondary N) is 2. The highest BCUT2D eigenvalue weighted by molar-refractivity contribution is 5.87. The van der Waals surface area contributed by atoms with E-state index in [4.69, 9.17) is 14.4 Å². The van der Waals surface area contributed by atoms with Crippen molar-refractivity contribution in [1.82, 2.24) is 15.8 Å². The fourth-order valence-corrected chi connectivity index (χ4v) is 2.93. The number of piperidine rings is 1. The van der Waals surface area contributed by atoms with Crippen LogP contribution in [0.3, 0.4) is 0 Å². The Bertz CT molecular complexity index is 560. The van der Waals surface area contributed by atoms with E-state index in [-0.39, 0.29) is 24.1 Å². The van der Waals surface area contributed by atoms with Gasteiger partial charge in [0.1, 0.15) is 0 Å². The molecule has 2 atom stereocenters. The van der Waals surface area contributed by atoms with Crippen molar-refractivity contribution in [3.63, 3.8) is 0 Å². The highest BCUT2D eigenvalue weighted by Gasteiger charge is 2.53. The number of aromatic carboxylic acids is 1. The molecule has 0 aromatic carbocycles. The summed E-state index contributed by atoms with van der Waals surface area (Å²) in [6.45, 7) is 3.54. The van der Waals surface area contributed by atoms with Gasteiger partial charge in [-0.05, 0) is 18.3 Å². The summed E-state index contributed by atoms with van der Waals surface area (Å²) in [7, 11) is 0. The molecule has 0 radical (unpaired) electrons. The summed E-state index contributed by atoms with van der Waals surface area (Å²) < 4.78 is 10.0. The van der Waals surface area contributed by atoms with Crippen molar-refractivity contribution in [2.45, 2.75) is 26.0 Å². The Balaban J connectivity index is 1.53. The summed E-state index contributed by atoms with van der Waals surface area (Å²) in [5, 5.41) is 18.5. The van der Waals surface area contributed by atoms with Gasteiger partial charge in [0.2, 0.25) is 0 Å². The molecule has 2 aliphatic rings. The van der Waals surface area contributed by atoms with Crippen molar-refractivity contribution in [3.05, 3.63) is 17.0 Å². The molecular formula is C13H17N3O5. The molecule has 21 heavy (non-hydrogen) atoms. The van der Waals surface area contributed by atoms with E-state index in [1.807, 2.05) is 0 Å². The summed E-state index contributed by atoms with van der Waals surface area (Å²) in [5.74, 6) is 0.146. The maximum atomic E-state index is 11.7. The monoisotopic (exact) mass is 295 g/mol. The molecule has 1 saturated carbocycles. The summed E-state index contributed by atoms with van der Waals surface area (Å²) in [6, 6.07) is 0.189. The minimum atomic E-state index is -1.15. The number of aromatic nitrogens is 1. The maximum absolute atomic E-state index is 11.7. The van der Waals surface area contributed by atoms with Crippen LogP contribution in [0.25, 0.3) is 0 Å². The molecule has 1 aliphatic heterocycles. The molecule has 114 valence electrons. The number of carbonyl (C=O) groups excluding carboxylic acids is 1. The van der Waals surface area contributed by atoms with Gasteiger partial charge in [-0.25, -0.2) is 9.59 Å². The minimum Gasteiger partial charge on any atom is -0.476 e. The van der Waals surface area contributed by atoms with Crippen LogP contribution < -0.4 is 10.6 Å². The first-order valence-corrected chi connectivity index (χ1v) is 6.96. The molecule has 1 aromatic heterocycles. The van der Waals surface area contributed by atoms with Crippen LogP contribution >= 0.6 is 0 Å². The van der Waals surface area contributed by atoms with Crippen molar-refractivity contribution in [2.75, 3.05) is 13.1 Å².